The molecule has 0 aromatic heterocycles. The van der Waals surface area contributed by atoms with Gasteiger partial charge in [0, 0.05) is 5.02 Å². The lowest BCUT2D eigenvalue weighted by Crippen LogP contribution is -2.36. The van der Waals surface area contributed by atoms with Crippen LogP contribution in [0.5, 0.6) is 0 Å². The Hall–Kier alpha value is -4.14. The summed E-state index contributed by atoms with van der Waals surface area (Å²) >= 11 is 6.08. The van der Waals surface area contributed by atoms with Crippen molar-refractivity contribution in [1.82, 2.24) is 4.72 Å². The molecule has 4 rings (SSSR count). The van der Waals surface area contributed by atoms with Gasteiger partial charge in [0.25, 0.3) is 10.0 Å². The molecule has 0 aliphatic carbocycles. The van der Waals surface area contributed by atoms with E-state index >= 15 is 0 Å². The van der Waals surface area contributed by atoms with Gasteiger partial charge in [-0.15, -0.1) is 0 Å². The highest BCUT2D eigenvalue weighted by molar-refractivity contribution is 7.90. The van der Waals surface area contributed by atoms with E-state index in [-0.39, 0.29) is 17.4 Å². The average Bonchev–Trinajstić information content (AvgIpc) is 2.92. The van der Waals surface area contributed by atoms with Crippen LogP contribution in [0.1, 0.15) is 15.9 Å². The maximum atomic E-state index is 12.5. The third-order valence-corrected chi connectivity index (χ3v) is 7.20. The molecule has 0 saturated carbocycles. The number of nitrogens with two attached hydrogens (primary N) is 1. The number of benzene rings is 4. The summed E-state index contributed by atoms with van der Waals surface area (Å²) in [5, 5.41) is 0.632. The Morgan fingerprint density at radius 1 is 0.892 bits per heavy atom. The fourth-order valence-electron chi connectivity index (χ4n) is 3.72. The molecule has 0 aliphatic rings. The molecule has 0 amide bonds. The van der Waals surface area contributed by atoms with Crippen LogP contribution in [-0.2, 0) is 21.3 Å². The highest BCUT2D eigenvalue weighted by atomic mass is 35.5. The lowest BCUT2D eigenvalue weighted by Gasteiger charge is -2.13. The van der Waals surface area contributed by atoms with Gasteiger partial charge >= 0.3 is 5.97 Å². The zero-order valence-corrected chi connectivity index (χ0v) is 21.5. The normalized spacial score (nSPS) is 11.7. The summed E-state index contributed by atoms with van der Waals surface area (Å²) in [5.74, 6) is -0.629. The molecule has 0 aliphatic heterocycles. The van der Waals surface area contributed by atoms with Crippen LogP contribution < -0.4 is 10.5 Å². The number of methoxy groups -OCH3 is 1. The number of ether oxygens (including phenoxy) is 1. The van der Waals surface area contributed by atoms with E-state index < -0.39 is 16.0 Å². The number of esters is 1. The summed E-state index contributed by atoms with van der Waals surface area (Å²) in [6, 6.07) is 28.3. The van der Waals surface area contributed by atoms with Gasteiger partial charge in [0.15, 0.2) is 0 Å². The van der Waals surface area contributed by atoms with Crippen LogP contribution >= 0.6 is 11.6 Å². The first-order chi connectivity index (χ1) is 17.8. The van der Waals surface area contributed by atoms with Gasteiger partial charge in [-0.25, -0.2) is 22.9 Å². The fourth-order valence-corrected chi connectivity index (χ4v) is 4.82. The number of carbonyl (C=O) groups excluding carboxylic acids is 1. The largest absolute Gasteiger partial charge is 0.465 e. The van der Waals surface area contributed by atoms with E-state index in [1.54, 1.807) is 30.3 Å². The van der Waals surface area contributed by atoms with Crippen LogP contribution in [0.15, 0.2) is 107 Å². The number of rotatable bonds is 7. The molecule has 4 aromatic rings. The van der Waals surface area contributed by atoms with Crippen molar-refractivity contribution in [2.75, 3.05) is 7.11 Å². The minimum Gasteiger partial charge on any atom is -0.465 e. The van der Waals surface area contributed by atoms with Crippen LogP contribution in [0.25, 0.3) is 22.3 Å². The molecular weight excluding hydrogens is 510 g/mol. The van der Waals surface area contributed by atoms with Gasteiger partial charge in [0.2, 0.25) is 5.96 Å². The van der Waals surface area contributed by atoms with Crippen LogP contribution in [-0.4, -0.2) is 27.5 Å². The number of aliphatic imine (C=N–C) groups is 1. The van der Waals surface area contributed by atoms with E-state index in [0.717, 1.165) is 27.8 Å². The van der Waals surface area contributed by atoms with Gasteiger partial charge in [-0.2, -0.15) is 0 Å². The zero-order valence-electron chi connectivity index (χ0n) is 19.9. The molecule has 0 radical (unpaired) electrons. The first-order valence-electron chi connectivity index (χ1n) is 11.2. The van der Waals surface area contributed by atoms with E-state index in [2.05, 4.69) is 9.71 Å². The van der Waals surface area contributed by atoms with Crippen LogP contribution in [0, 0.1) is 0 Å². The predicted molar refractivity (Wildman–Crippen MR) is 146 cm³/mol. The summed E-state index contributed by atoms with van der Waals surface area (Å²) in [4.78, 5) is 16.2. The van der Waals surface area contributed by atoms with Crippen molar-refractivity contribution in [3.63, 3.8) is 0 Å². The summed E-state index contributed by atoms with van der Waals surface area (Å²) < 4.78 is 32.1. The van der Waals surface area contributed by atoms with Gasteiger partial charge in [0.05, 0.1) is 24.1 Å². The second kappa shape index (κ2) is 11.3. The lowest BCUT2D eigenvalue weighted by atomic mass is 9.92. The van der Waals surface area contributed by atoms with Gasteiger partial charge in [-0.3, -0.25) is 0 Å². The number of nitrogens with zero attached hydrogens (tertiary/aromatic N) is 1. The third-order valence-electron chi connectivity index (χ3n) is 5.58. The van der Waals surface area contributed by atoms with Gasteiger partial charge in [-0.05, 0) is 70.3 Å². The number of carbonyl (C=O) groups is 1. The number of hydrogen-bond acceptors (Lipinski definition) is 5. The van der Waals surface area contributed by atoms with Gasteiger partial charge in [-0.1, -0.05) is 66.2 Å². The van der Waals surface area contributed by atoms with Crippen molar-refractivity contribution in [1.29, 1.82) is 0 Å². The Labute approximate surface area is 220 Å². The lowest BCUT2D eigenvalue weighted by molar-refractivity contribution is 0.0600. The Morgan fingerprint density at radius 2 is 1.51 bits per heavy atom. The Morgan fingerprint density at radius 3 is 2.16 bits per heavy atom. The van der Waals surface area contributed by atoms with E-state index in [0.29, 0.717) is 10.6 Å². The maximum absolute atomic E-state index is 12.5. The number of guanidine groups is 1. The van der Waals surface area contributed by atoms with Crippen molar-refractivity contribution in [2.24, 2.45) is 10.7 Å². The number of hydrogen-bond donors (Lipinski definition) is 2. The fraction of sp³-hybridized carbons (Fsp3) is 0.0714. The van der Waals surface area contributed by atoms with Gasteiger partial charge in [0.1, 0.15) is 0 Å². The molecule has 0 spiro atoms. The van der Waals surface area contributed by atoms with Crippen LogP contribution in [0.4, 0.5) is 0 Å². The highest BCUT2D eigenvalue weighted by Crippen LogP contribution is 2.34. The van der Waals surface area contributed by atoms with Crippen molar-refractivity contribution < 1.29 is 17.9 Å². The number of nitrogens with one attached hydrogen (secondary N) is 1. The molecule has 3 N–H and O–H groups in total. The molecule has 0 heterocycles. The average molecular weight is 534 g/mol. The first-order valence-corrected chi connectivity index (χ1v) is 13.1. The van der Waals surface area contributed by atoms with E-state index in [1.165, 1.54) is 19.2 Å². The van der Waals surface area contributed by atoms with Crippen molar-refractivity contribution >= 4 is 33.6 Å². The van der Waals surface area contributed by atoms with E-state index in [9.17, 15) is 13.2 Å². The third kappa shape index (κ3) is 6.35. The molecule has 0 bridgehead atoms. The minimum atomic E-state index is -3.83. The quantitative estimate of drug-likeness (QED) is 0.191. The van der Waals surface area contributed by atoms with E-state index in [1.807, 2.05) is 54.6 Å². The number of halogens is 1. The summed E-state index contributed by atoms with van der Waals surface area (Å²) in [5.41, 5.74) is 10.8. The minimum absolute atomic E-state index is 0.0955. The predicted octanol–water partition coefficient (Wildman–Crippen LogP) is 5.25. The summed E-state index contributed by atoms with van der Waals surface area (Å²) in [7, 11) is -2.49. The van der Waals surface area contributed by atoms with Crippen molar-refractivity contribution in [3.05, 3.63) is 113 Å². The second-order valence-corrected chi connectivity index (χ2v) is 10.2. The highest BCUT2D eigenvalue weighted by Gasteiger charge is 2.15. The summed E-state index contributed by atoms with van der Waals surface area (Å²) in [6.07, 6.45) is 0. The van der Waals surface area contributed by atoms with Crippen LogP contribution in [0.2, 0.25) is 5.02 Å². The molecular formula is C28H24ClN3O4S. The standard InChI is InChI=1S/C28H24ClN3O4S/c1-36-27(33)22-10-8-21(9-11-22)26-17-19(7-16-25(26)20-12-14-23(29)15-13-20)18-31-28(30)32-37(34,35)24-5-3-2-4-6-24/h2-17H,18H2,1H3,(H3,30,31,32). The van der Waals surface area contributed by atoms with Crippen LogP contribution in [0.3, 0.4) is 0 Å². The molecule has 0 atom stereocenters. The Bertz CT molecular complexity index is 1540. The molecule has 0 fully saturated rings. The zero-order chi connectivity index (χ0) is 26.4. The van der Waals surface area contributed by atoms with E-state index in [4.69, 9.17) is 22.1 Å². The molecule has 7 nitrogen and oxygen atoms in total. The van der Waals surface area contributed by atoms with Crippen molar-refractivity contribution in [2.45, 2.75) is 11.4 Å². The molecule has 0 saturated heterocycles. The maximum Gasteiger partial charge on any atom is 0.337 e. The number of sulfonamides is 1. The Kier molecular flexibility index (Phi) is 7.91. The smallest absolute Gasteiger partial charge is 0.337 e. The molecule has 37 heavy (non-hydrogen) atoms. The summed E-state index contributed by atoms with van der Waals surface area (Å²) in [6.45, 7) is 0.150. The van der Waals surface area contributed by atoms with Gasteiger partial charge < -0.3 is 10.5 Å². The van der Waals surface area contributed by atoms with Crippen molar-refractivity contribution in [3.8, 4) is 22.3 Å². The molecule has 9 heteroatoms. The monoisotopic (exact) mass is 533 g/mol. The topological polar surface area (TPSA) is 111 Å². The second-order valence-electron chi connectivity index (χ2n) is 8.08. The molecule has 0 unspecified atom stereocenters. The Balaban J connectivity index is 1.65. The molecule has 4 aromatic carbocycles. The molecule has 188 valence electrons. The first kappa shape index (κ1) is 25.9. The SMILES string of the molecule is COC(=O)c1ccc(-c2cc(CN=C(N)NS(=O)(=O)c3ccccc3)ccc2-c2ccc(Cl)cc2)cc1.